The number of hydrogen-bond donors (Lipinski definition) is 0. The highest BCUT2D eigenvalue weighted by atomic mass is 16.1. The van der Waals surface area contributed by atoms with Gasteiger partial charge in [-0.05, 0) is 69.5 Å². The second-order valence-electron chi connectivity index (χ2n) is 9.46. The van der Waals surface area contributed by atoms with Gasteiger partial charge in [-0.15, -0.1) is 0 Å². The van der Waals surface area contributed by atoms with E-state index in [1.54, 1.807) is 24.3 Å². The normalized spacial score (nSPS) is 13.6. The maximum atomic E-state index is 13.4. The van der Waals surface area contributed by atoms with Gasteiger partial charge in [-0.25, -0.2) is 0 Å². The number of carbonyl (C=O) groups excluding carboxylic acids is 2. The van der Waals surface area contributed by atoms with Crippen molar-refractivity contribution in [3.63, 3.8) is 0 Å². The van der Waals surface area contributed by atoms with Gasteiger partial charge in [0.1, 0.15) is 0 Å². The molecule has 0 aromatic heterocycles. The van der Waals surface area contributed by atoms with Crippen LogP contribution in [0.5, 0.6) is 0 Å². The van der Waals surface area contributed by atoms with E-state index in [9.17, 15) is 9.59 Å². The highest BCUT2D eigenvalue weighted by Crippen LogP contribution is 2.35. The largest absolute Gasteiger partial charge is 0.289 e. The monoisotopic (exact) mass is 438 g/mol. The van der Waals surface area contributed by atoms with Crippen LogP contribution in [-0.4, -0.2) is 11.6 Å². The van der Waals surface area contributed by atoms with Crippen molar-refractivity contribution in [2.45, 2.75) is 25.7 Å². The predicted molar refractivity (Wildman–Crippen MR) is 136 cm³/mol. The summed E-state index contributed by atoms with van der Waals surface area (Å²) in [4.78, 5) is 26.9. The molecule has 0 saturated heterocycles. The second-order valence-corrected chi connectivity index (χ2v) is 9.46. The number of hydrogen-bond acceptors (Lipinski definition) is 2. The molecule has 0 saturated carbocycles. The zero-order valence-corrected chi connectivity index (χ0v) is 18.7. The summed E-state index contributed by atoms with van der Waals surface area (Å²) in [7, 11) is 0. The van der Waals surface area contributed by atoms with Crippen LogP contribution in [0.25, 0.3) is 21.5 Å². The molecular formula is C32H22O2. The molecule has 0 amide bonds. The number of benzene rings is 5. The molecule has 0 spiro atoms. The number of ketones is 2. The van der Waals surface area contributed by atoms with Gasteiger partial charge in [-0.2, -0.15) is 0 Å². The summed E-state index contributed by atoms with van der Waals surface area (Å²) < 4.78 is 0. The fraction of sp³-hybridized carbons (Fsp3) is 0.125. The minimum Gasteiger partial charge on any atom is -0.289 e. The molecule has 0 bridgehead atoms. The Labute approximate surface area is 197 Å². The van der Waals surface area contributed by atoms with Crippen molar-refractivity contribution < 1.29 is 9.59 Å². The Morgan fingerprint density at radius 2 is 0.824 bits per heavy atom. The first-order chi connectivity index (χ1) is 16.7. The fourth-order valence-electron chi connectivity index (χ4n) is 5.97. The van der Waals surface area contributed by atoms with Gasteiger partial charge in [0.25, 0.3) is 0 Å². The Hall–Kier alpha value is -4.04. The Balaban J connectivity index is 1.25. The van der Waals surface area contributed by atoms with Crippen molar-refractivity contribution in [2.24, 2.45) is 0 Å². The summed E-state index contributed by atoms with van der Waals surface area (Å²) >= 11 is 0. The van der Waals surface area contributed by atoms with Gasteiger partial charge >= 0.3 is 0 Å². The van der Waals surface area contributed by atoms with Gasteiger partial charge in [0.2, 0.25) is 0 Å². The van der Waals surface area contributed by atoms with Crippen LogP contribution in [-0.2, 0) is 25.7 Å². The Morgan fingerprint density at radius 1 is 0.441 bits per heavy atom. The molecule has 0 N–H and O–H groups in total. The zero-order valence-electron chi connectivity index (χ0n) is 18.7. The van der Waals surface area contributed by atoms with Crippen LogP contribution in [0.3, 0.4) is 0 Å². The molecule has 0 unspecified atom stereocenters. The maximum Gasteiger partial charge on any atom is 0.193 e. The molecule has 34 heavy (non-hydrogen) atoms. The van der Waals surface area contributed by atoms with Crippen molar-refractivity contribution in [1.29, 1.82) is 0 Å². The van der Waals surface area contributed by atoms with Crippen molar-refractivity contribution in [1.82, 2.24) is 0 Å². The fourth-order valence-corrected chi connectivity index (χ4v) is 5.97. The van der Waals surface area contributed by atoms with Gasteiger partial charge in [0.15, 0.2) is 11.6 Å². The van der Waals surface area contributed by atoms with E-state index in [4.69, 9.17) is 0 Å². The summed E-state index contributed by atoms with van der Waals surface area (Å²) in [5.74, 6) is -0.000120. The summed E-state index contributed by atoms with van der Waals surface area (Å²) in [5, 5.41) is 4.55. The van der Waals surface area contributed by atoms with E-state index in [1.165, 1.54) is 33.0 Å². The lowest BCUT2D eigenvalue weighted by Gasteiger charge is -2.10. The van der Waals surface area contributed by atoms with Gasteiger partial charge in [-0.3, -0.25) is 9.59 Å². The lowest BCUT2D eigenvalue weighted by molar-refractivity contribution is 0.102. The van der Waals surface area contributed by atoms with Crippen LogP contribution in [0.4, 0.5) is 0 Å². The molecule has 2 aliphatic rings. The summed E-state index contributed by atoms with van der Waals surface area (Å²) in [6, 6.07) is 27.8. The maximum absolute atomic E-state index is 13.4. The van der Waals surface area contributed by atoms with Gasteiger partial charge in [-0.1, -0.05) is 84.9 Å². The molecule has 162 valence electrons. The number of carbonyl (C=O) groups is 2. The number of aryl methyl sites for hydroxylation is 4. The highest BCUT2D eigenvalue weighted by Gasteiger charge is 2.22. The van der Waals surface area contributed by atoms with Gasteiger partial charge in [0, 0.05) is 22.3 Å². The van der Waals surface area contributed by atoms with Gasteiger partial charge < -0.3 is 0 Å². The highest BCUT2D eigenvalue weighted by molar-refractivity contribution is 6.19. The van der Waals surface area contributed by atoms with E-state index in [2.05, 4.69) is 36.4 Å². The van der Waals surface area contributed by atoms with E-state index < -0.39 is 0 Å². The van der Waals surface area contributed by atoms with Crippen LogP contribution < -0.4 is 0 Å². The van der Waals surface area contributed by atoms with E-state index in [0.717, 1.165) is 47.6 Å². The topological polar surface area (TPSA) is 34.1 Å². The third kappa shape index (κ3) is 2.75. The second kappa shape index (κ2) is 7.23. The molecule has 0 heterocycles. The molecule has 0 atom stereocenters. The third-order valence-corrected chi connectivity index (χ3v) is 7.65. The molecule has 2 nitrogen and oxygen atoms in total. The predicted octanol–water partition coefficient (Wildman–Crippen LogP) is 6.65. The standard InChI is InChI=1S/C32H22O2/c33-31(27-17-15-21-9-7-19-3-1-5-25(27)29(19)21)23-11-13-24(14-12-23)32(34)28-18-16-22-10-8-20-4-2-6-26(28)30(20)22/h1-6,11-18H,7-10H2. The molecule has 5 aromatic carbocycles. The first kappa shape index (κ1) is 19.4. The molecular weight excluding hydrogens is 416 g/mol. The Kier molecular flexibility index (Phi) is 4.13. The molecule has 2 heteroatoms. The van der Waals surface area contributed by atoms with Crippen molar-refractivity contribution in [2.75, 3.05) is 0 Å². The van der Waals surface area contributed by atoms with Crippen molar-refractivity contribution in [3.8, 4) is 0 Å². The molecule has 0 fully saturated rings. The molecule has 7 rings (SSSR count). The first-order valence-corrected chi connectivity index (χ1v) is 12.0. The molecule has 0 aliphatic heterocycles. The third-order valence-electron chi connectivity index (χ3n) is 7.65. The Bertz CT molecular complexity index is 1530. The summed E-state index contributed by atoms with van der Waals surface area (Å²) in [6.45, 7) is 0. The van der Waals surface area contributed by atoms with Crippen LogP contribution in [0, 0.1) is 0 Å². The lowest BCUT2D eigenvalue weighted by Crippen LogP contribution is -2.06. The minimum absolute atomic E-state index is 0.0000601. The lowest BCUT2D eigenvalue weighted by atomic mass is 9.92. The van der Waals surface area contributed by atoms with Crippen LogP contribution in [0.15, 0.2) is 84.9 Å². The Morgan fingerprint density at radius 3 is 1.24 bits per heavy atom. The molecule has 0 radical (unpaired) electrons. The van der Waals surface area contributed by atoms with Crippen LogP contribution in [0.2, 0.25) is 0 Å². The van der Waals surface area contributed by atoms with Crippen LogP contribution >= 0.6 is 0 Å². The van der Waals surface area contributed by atoms with Crippen molar-refractivity contribution in [3.05, 3.63) is 129 Å². The SMILES string of the molecule is O=C(c1ccc(C(=O)c2ccc3c4c(cccc24)CC3)cc1)c1ccc2c3c(cccc13)CC2. The number of rotatable bonds is 4. The molecule has 2 aliphatic carbocycles. The average Bonchev–Trinajstić information content (AvgIpc) is 3.51. The van der Waals surface area contributed by atoms with E-state index in [0.29, 0.717) is 11.1 Å². The van der Waals surface area contributed by atoms with E-state index in [1.807, 2.05) is 24.3 Å². The summed E-state index contributed by atoms with van der Waals surface area (Å²) in [6.07, 6.45) is 4.16. The van der Waals surface area contributed by atoms with Crippen LogP contribution in [0.1, 0.15) is 54.1 Å². The zero-order chi connectivity index (χ0) is 22.8. The quantitative estimate of drug-likeness (QED) is 0.294. The first-order valence-electron chi connectivity index (χ1n) is 12.0. The smallest absolute Gasteiger partial charge is 0.193 e. The molecule has 5 aromatic rings. The summed E-state index contributed by atoms with van der Waals surface area (Å²) in [5.41, 5.74) is 7.98. The van der Waals surface area contributed by atoms with E-state index >= 15 is 0 Å². The van der Waals surface area contributed by atoms with Gasteiger partial charge in [0.05, 0.1) is 0 Å². The van der Waals surface area contributed by atoms with Crippen molar-refractivity contribution >= 4 is 33.1 Å². The average molecular weight is 439 g/mol. The van der Waals surface area contributed by atoms with E-state index in [-0.39, 0.29) is 11.6 Å². The minimum atomic E-state index is -0.0000601.